The molecular formula is C13H17NOS. The van der Waals surface area contributed by atoms with Gasteiger partial charge in [-0.1, -0.05) is 13.8 Å². The van der Waals surface area contributed by atoms with Crippen molar-refractivity contribution in [1.82, 2.24) is 4.98 Å². The molecule has 1 heterocycles. The lowest BCUT2D eigenvalue weighted by Gasteiger charge is -2.02. The fourth-order valence-electron chi connectivity index (χ4n) is 1.77. The zero-order valence-corrected chi connectivity index (χ0v) is 10.6. The Labute approximate surface area is 101 Å². The van der Waals surface area contributed by atoms with E-state index in [9.17, 15) is 4.79 Å². The highest BCUT2D eigenvalue weighted by atomic mass is 32.2. The average Bonchev–Trinajstić information content (AvgIpc) is 3.04. The minimum absolute atomic E-state index is 0.342. The van der Waals surface area contributed by atoms with Gasteiger partial charge in [0.2, 0.25) is 0 Å². The van der Waals surface area contributed by atoms with Crippen LogP contribution in [0, 0.1) is 11.8 Å². The number of hydrogen-bond acceptors (Lipinski definition) is 3. The summed E-state index contributed by atoms with van der Waals surface area (Å²) in [4.78, 5) is 17.0. The van der Waals surface area contributed by atoms with Gasteiger partial charge in [-0.3, -0.25) is 9.78 Å². The quantitative estimate of drug-likeness (QED) is 0.735. The minimum atomic E-state index is 0.342. The second-order valence-corrected chi connectivity index (χ2v) is 5.51. The molecule has 1 aliphatic rings. The van der Waals surface area contributed by atoms with Crippen LogP contribution in [-0.4, -0.2) is 16.5 Å². The van der Waals surface area contributed by atoms with Gasteiger partial charge in [-0.25, -0.2) is 0 Å². The van der Waals surface area contributed by atoms with Crippen molar-refractivity contribution in [3.8, 4) is 0 Å². The zero-order valence-electron chi connectivity index (χ0n) is 9.77. The molecule has 0 aliphatic heterocycles. The molecule has 2 unspecified atom stereocenters. The van der Waals surface area contributed by atoms with Gasteiger partial charge in [0.15, 0.2) is 0 Å². The molecule has 0 saturated heterocycles. The smallest absolute Gasteiger partial charge is 0.146 e. The molecule has 0 N–H and O–H groups in total. The molecule has 0 aromatic carbocycles. The van der Waals surface area contributed by atoms with E-state index in [1.807, 2.05) is 12.4 Å². The second-order valence-electron chi connectivity index (χ2n) is 4.46. The monoisotopic (exact) mass is 235 g/mol. The Morgan fingerprint density at radius 2 is 2.31 bits per heavy atom. The fraction of sp³-hybridized carbons (Fsp3) is 0.538. The normalized spacial score (nSPS) is 23.1. The lowest BCUT2D eigenvalue weighted by molar-refractivity contribution is -0.118. The van der Waals surface area contributed by atoms with Gasteiger partial charge in [0.25, 0.3) is 0 Å². The molecule has 0 radical (unpaired) electrons. The van der Waals surface area contributed by atoms with Crippen LogP contribution in [0.15, 0.2) is 23.4 Å². The van der Waals surface area contributed by atoms with Gasteiger partial charge in [0.1, 0.15) is 5.78 Å². The maximum Gasteiger partial charge on any atom is 0.146 e. The number of ketones is 1. The van der Waals surface area contributed by atoms with E-state index in [1.54, 1.807) is 11.8 Å². The summed E-state index contributed by atoms with van der Waals surface area (Å²) in [5, 5.41) is 0. The van der Waals surface area contributed by atoms with Crippen LogP contribution in [0.3, 0.4) is 0 Å². The van der Waals surface area contributed by atoms with Gasteiger partial charge >= 0.3 is 0 Å². The highest BCUT2D eigenvalue weighted by Gasteiger charge is 2.38. The summed E-state index contributed by atoms with van der Waals surface area (Å²) in [5.74, 6) is 1.96. The van der Waals surface area contributed by atoms with Crippen molar-refractivity contribution >= 4 is 17.5 Å². The molecule has 2 nitrogen and oxygen atoms in total. The Balaban J connectivity index is 1.86. The number of aromatic nitrogens is 1. The molecule has 1 aromatic rings. The second kappa shape index (κ2) is 5.00. The molecule has 0 amide bonds. The largest absolute Gasteiger partial charge is 0.298 e. The van der Waals surface area contributed by atoms with E-state index in [-0.39, 0.29) is 0 Å². The first-order valence-corrected chi connectivity index (χ1v) is 6.78. The summed E-state index contributed by atoms with van der Waals surface area (Å²) >= 11 is 1.62. The summed E-state index contributed by atoms with van der Waals surface area (Å²) in [6.07, 6.45) is 5.81. The minimum Gasteiger partial charge on any atom is -0.298 e. The Morgan fingerprint density at radius 1 is 1.56 bits per heavy atom. The zero-order chi connectivity index (χ0) is 11.5. The summed E-state index contributed by atoms with van der Waals surface area (Å²) in [5.41, 5.74) is 1.23. The van der Waals surface area contributed by atoms with Crippen molar-refractivity contribution in [3.05, 3.63) is 24.0 Å². The van der Waals surface area contributed by atoms with E-state index in [1.165, 1.54) is 5.56 Å². The summed E-state index contributed by atoms with van der Waals surface area (Å²) in [6.45, 7) is 4.26. The topological polar surface area (TPSA) is 30.0 Å². The van der Waals surface area contributed by atoms with Crippen LogP contribution in [-0.2, 0) is 11.2 Å². The van der Waals surface area contributed by atoms with Crippen LogP contribution < -0.4 is 0 Å². The number of carbonyl (C=O) groups excluding carboxylic acids is 1. The number of thioether (sulfide) groups is 1. The predicted octanol–water partition coefficient (Wildman–Crippen LogP) is 2.96. The van der Waals surface area contributed by atoms with Crippen molar-refractivity contribution in [2.45, 2.75) is 31.6 Å². The van der Waals surface area contributed by atoms with Gasteiger partial charge in [0, 0.05) is 23.2 Å². The van der Waals surface area contributed by atoms with Crippen LogP contribution in [0.4, 0.5) is 0 Å². The number of carbonyl (C=O) groups is 1. The summed E-state index contributed by atoms with van der Waals surface area (Å²) in [6, 6.07) is 2.13. The fourth-order valence-corrected chi connectivity index (χ4v) is 2.66. The number of Topliss-reactive ketones (excluding diaryl/α,β-unsaturated/α-hetero) is 1. The molecule has 1 saturated carbocycles. The molecular weight excluding hydrogens is 218 g/mol. The SMILES string of the molecule is CCc1cncc(SCC(=O)C2CC2C)c1. The molecule has 16 heavy (non-hydrogen) atoms. The van der Waals surface area contributed by atoms with Crippen molar-refractivity contribution < 1.29 is 4.79 Å². The van der Waals surface area contributed by atoms with Crippen LogP contribution >= 0.6 is 11.8 Å². The Hall–Kier alpha value is -0.830. The Morgan fingerprint density at radius 3 is 2.94 bits per heavy atom. The summed E-state index contributed by atoms with van der Waals surface area (Å²) < 4.78 is 0. The number of nitrogens with zero attached hydrogens (tertiary/aromatic N) is 1. The van der Waals surface area contributed by atoms with E-state index in [0.29, 0.717) is 23.4 Å². The maximum absolute atomic E-state index is 11.7. The van der Waals surface area contributed by atoms with Gasteiger partial charge in [0.05, 0.1) is 5.75 Å². The number of aryl methyl sites for hydroxylation is 1. The first-order chi connectivity index (χ1) is 7.70. The highest BCUT2D eigenvalue weighted by Crippen LogP contribution is 2.39. The third-order valence-electron chi connectivity index (χ3n) is 3.08. The van der Waals surface area contributed by atoms with Crippen LogP contribution in [0.2, 0.25) is 0 Å². The van der Waals surface area contributed by atoms with Gasteiger partial charge in [-0.05, 0) is 30.4 Å². The molecule has 2 atom stereocenters. The third kappa shape index (κ3) is 2.85. The highest BCUT2D eigenvalue weighted by molar-refractivity contribution is 8.00. The van der Waals surface area contributed by atoms with Crippen molar-refractivity contribution in [1.29, 1.82) is 0 Å². The average molecular weight is 235 g/mol. The maximum atomic E-state index is 11.7. The van der Waals surface area contributed by atoms with E-state index >= 15 is 0 Å². The first kappa shape index (κ1) is 11.6. The Bertz CT molecular complexity index is 391. The van der Waals surface area contributed by atoms with Crippen LogP contribution in [0.1, 0.15) is 25.8 Å². The van der Waals surface area contributed by atoms with Crippen molar-refractivity contribution in [2.24, 2.45) is 11.8 Å². The number of hydrogen-bond donors (Lipinski definition) is 0. The molecule has 3 heteroatoms. The third-order valence-corrected chi connectivity index (χ3v) is 4.07. The number of rotatable bonds is 5. The predicted molar refractivity (Wildman–Crippen MR) is 66.6 cm³/mol. The van der Waals surface area contributed by atoms with E-state index in [4.69, 9.17) is 0 Å². The van der Waals surface area contributed by atoms with Gasteiger partial charge in [-0.2, -0.15) is 0 Å². The van der Waals surface area contributed by atoms with Crippen LogP contribution in [0.5, 0.6) is 0 Å². The van der Waals surface area contributed by atoms with Gasteiger partial charge < -0.3 is 0 Å². The van der Waals surface area contributed by atoms with E-state index in [2.05, 4.69) is 24.9 Å². The van der Waals surface area contributed by atoms with Crippen molar-refractivity contribution in [2.75, 3.05) is 5.75 Å². The van der Waals surface area contributed by atoms with E-state index < -0.39 is 0 Å². The molecule has 1 fully saturated rings. The lowest BCUT2D eigenvalue weighted by Crippen LogP contribution is -2.04. The molecule has 86 valence electrons. The molecule has 2 rings (SSSR count). The molecule has 1 aromatic heterocycles. The van der Waals surface area contributed by atoms with Crippen LogP contribution in [0.25, 0.3) is 0 Å². The Kier molecular flexibility index (Phi) is 3.64. The lowest BCUT2D eigenvalue weighted by atomic mass is 10.2. The molecule has 0 bridgehead atoms. The molecule has 1 aliphatic carbocycles. The van der Waals surface area contributed by atoms with Crippen molar-refractivity contribution in [3.63, 3.8) is 0 Å². The van der Waals surface area contributed by atoms with E-state index in [0.717, 1.165) is 17.7 Å². The first-order valence-electron chi connectivity index (χ1n) is 5.80. The van der Waals surface area contributed by atoms with Gasteiger partial charge in [-0.15, -0.1) is 11.8 Å². The number of pyridine rings is 1. The standard InChI is InChI=1S/C13H17NOS/c1-3-10-5-11(7-14-6-10)16-8-13(15)12-4-9(12)2/h5-7,9,12H,3-4,8H2,1-2H3. The summed E-state index contributed by atoms with van der Waals surface area (Å²) in [7, 11) is 0. The molecule has 0 spiro atoms.